The van der Waals surface area contributed by atoms with Crippen LogP contribution in [0.4, 0.5) is 9.80 Å². The van der Waals surface area contributed by atoms with E-state index in [1.807, 2.05) is 25.1 Å². The molecule has 1 spiro atoms. The Kier molecular flexibility index (Phi) is 5.86. The highest BCUT2D eigenvalue weighted by molar-refractivity contribution is 9.10. The summed E-state index contributed by atoms with van der Waals surface area (Å²) < 4.78 is 23.0. The molecular weight excluding hydrogens is 483 g/mol. The van der Waals surface area contributed by atoms with Crippen molar-refractivity contribution >= 4 is 41.8 Å². The van der Waals surface area contributed by atoms with E-state index in [0.717, 1.165) is 28.6 Å². The molecule has 0 saturated carbocycles. The van der Waals surface area contributed by atoms with Gasteiger partial charge in [0.15, 0.2) is 5.60 Å². The van der Waals surface area contributed by atoms with E-state index in [4.69, 9.17) is 4.74 Å². The molecule has 170 valence electrons. The molecule has 0 bridgehead atoms. The van der Waals surface area contributed by atoms with Crippen molar-refractivity contribution in [1.82, 2.24) is 4.90 Å². The predicted molar refractivity (Wildman–Crippen MR) is 122 cm³/mol. The van der Waals surface area contributed by atoms with Crippen molar-refractivity contribution in [3.05, 3.63) is 28.2 Å². The Labute approximate surface area is 192 Å². The number of fused-ring (bicyclic) bond motifs is 2. The number of carbonyl (C=O) groups excluding carboxylic acids is 2. The van der Waals surface area contributed by atoms with Crippen molar-refractivity contribution in [3.63, 3.8) is 0 Å². The molecule has 1 N–H and O–H groups in total. The molecule has 9 heteroatoms. The zero-order valence-electron chi connectivity index (χ0n) is 18.4. The van der Waals surface area contributed by atoms with E-state index in [1.54, 1.807) is 29.9 Å². The monoisotopic (exact) mass is 512 g/mol. The first-order valence-corrected chi connectivity index (χ1v) is 14.6. The van der Waals surface area contributed by atoms with Gasteiger partial charge in [0.05, 0.1) is 30.9 Å². The van der Waals surface area contributed by atoms with Gasteiger partial charge in [0, 0.05) is 35.1 Å². The first kappa shape index (κ1) is 22.9. The number of aliphatic hydroxyl groups is 1. The van der Waals surface area contributed by atoms with Crippen LogP contribution in [0.2, 0.25) is 18.6 Å². The van der Waals surface area contributed by atoms with Gasteiger partial charge in [-0.15, -0.1) is 0 Å². The fourth-order valence-electron chi connectivity index (χ4n) is 5.97. The molecule has 0 aromatic heterocycles. The summed E-state index contributed by atoms with van der Waals surface area (Å²) in [5, 5.41) is 9.60. The molecule has 2 saturated heterocycles. The summed E-state index contributed by atoms with van der Waals surface area (Å²) >= 11 is 3.49. The number of likely N-dealkylation sites (tertiary alicyclic amines) is 1. The maximum Gasteiger partial charge on any atom is 0.264 e. The Morgan fingerprint density at radius 2 is 2.13 bits per heavy atom. The molecule has 3 heterocycles. The van der Waals surface area contributed by atoms with Crippen LogP contribution in [0.1, 0.15) is 31.7 Å². The summed E-state index contributed by atoms with van der Waals surface area (Å²) in [5.41, 5.74) is -0.311. The molecular formula is C22H30BrFN2O4Si. The van der Waals surface area contributed by atoms with Crippen LogP contribution in [0.25, 0.3) is 0 Å². The number of hydrogen-bond donors (Lipinski definition) is 1. The van der Waals surface area contributed by atoms with Gasteiger partial charge in [0.1, 0.15) is 0 Å². The number of carbonyl (C=O) groups is 2. The first-order chi connectivity index (χ1) is 14.5. The summed E-state index contributed by atoms with van der Waals surface area (Å²) in [7, 11) is -1.58. The highest BCUT2D eigenvalue weighted by atomic mass is 79.9. The van der Waals surface area contributed by atoms with Gasteiger partial charge in [-0.05, 0) is 44.1 Å². The van der Waals surface area contributed by atoms with Crippen LogP contribution in [-0.4, -0.2) is 62.6 Å². The van der Waals surface area contributed by atoms with Gasteiger partial charge in [-0.1, -0.05) is 22.9 Å². The van der Waals surface area contributed by atoms with E-state index < -0.39 is 31.6 Å². The number of nitrogens with zero attached hydrogens (tertiary/aromatic N) is 2. The van der Waals surface area contributed by atoms with E-state index in [-0.39, 0.29) is 30.9 Å². The third kappa shape index (κ3) is 3.48. The van der Waals surface area contributed by atoms with E-state index in [1.165, 1.54) is 0 Å². The lowest BCUT2D eigenvalue weighted by Gasteiger charge is -2.31. The minimum atomic E-state index is -3.29. The number of aliphatic hydroxyl groups excluding tert-OH is 1. The van der Waals surface area contributed by atoms with Crippen LogP contribution in [0, 0.1) is 5.92 Å². The highest BCUT2D eigenvalue weighted by Crippen LogP contribution is 2.60. The van der Waals surface area contributed by atoms with Crippen molar-refractivity contribution in [2.75, 3.05) is 25.1 Å². The summed E-state index contributed by atoms with van der Waals surface area (Å²) in [5.74, 6) is -0.752. The standard InChI is InChI=1S/C22H30BrFN2O4Si/c1-13-20(31(3,4)24)18(11-19(28)26-9-5-6-15(26)12-27)30-22(13)16-10-14(23)7-8-17(16)25(2)21(22)29/h7-8,10,13,15,18,20,27H,5-6,9,11-12H2,1-4H3/t13-,15-,18+,20-,22+/m0/s1. The molecule has 5 atom stereocenters. The normalized spacial score (nSPS) is 32.9. The van der Waals surface area contributed by atoms with E-state index in [9.17, 15) is 14.7 Å². The van der Waals surface area contributed by atoms with Gasteiger partial charge >= 0.3 is 0 Å². The van der Waals surface area contributed by atoms with Crippen molar-refractivity contribution in [2.24, 2.45) is 5.92 Å². The van der Waals surface area contributed by atoms with Crippen LogP contribution in [0.15, 0.2) is 22.7 Å². The molecule has 6 nitrogen and oxygen atoms in total. The van der Waals surface area contributed by atoms with Crippen LogP contribution < -0.4 is 4.90 Å². The van der Waals surface area contributed by atoms with Crippen molar-refractivity contribution in [3.8, 4) is 0 Å². The highest BCUT2D eigenvalue weighted by Gasteiger charge is 2.66. The molecule has 1 aromatic carbocycles. The Bertz CT molecular complexity index is 910. The lowest BCUT2D eigenvalue weighted by atomic mass is 9.82. The lowest BCUT2D eigenvalue weighted by Crippen LogP contribution is -2.44. The average Bonchev–Trinajstić information content (AvgIpc) is 3.33. The number of amides is 2. The molecule has 0 radical (unpaired) electrons. The number of ether oxygens (including phenoxy) is 1. The van der Waals surface area contributed by atoms with E-state index in [0.29, 0.717) is 6.54 Å². The van der Waals surface area contributed by atoms with Crippen LogP contribution in [0.3, 0.4) is 0 Å². The summed E-state index contributed by atoms with van der Waals surface area (Å²) in [6, 6.07) is 5.42. The molecule has 31 heavy (non-hydrogen) atoms. The Balaban J connectivity index is 1.73. The Hall–Kier alpha value is -1.29. The molecule has 0 aliphatic carbocycles. The van der Waals surface area contributed by atoms with Gasteiger partial charge in [0.25, 0.3) is 5.91 Å². The smallest absolute Gasteiger partial charge is 0.264 e. The number of likely N-dealkylation sites (N-methyl/N-ethyl adjacent to an activating group) is 1. The molecule has 4 rings (SSSR count). The number of rotatable bonds is 4. The first-order valence-electron chi connectivity index (χ1n) is 10.9. The van der Waals surface area contributed by atoms with Crippen LogP contribution in [-0.2, 0) is 19.9 Å². The molecule has 3 aliphatic heterocycles. The summed E-state index contributed by atoms with van der Waals surface area (Å²) in [4.78, 5) is 29.9. The number of anilines is 1. The second kappa shape index (κ2) is 7.93. The molecule has 2 amide bonds. The van der Waals surface area contributed by atoms with Gasteiger partial charge in [-0.25, -0.2) is 0 Å². The van der Waals surface area contributed by atoms with Gasteiger partial charge in [0.2, 0.25) is 14.3 Å². The lowest BCUT2D eigenvalue weighted by molar-refractivity contribution is -0.149. The fourth-order valence-corrected chi connectivity index (χ4v) is 8.82. The number of halogens is 2. The molecule has 2 fully saturated rings. The molecule has 3 aliphatic rings. The predicted octanol–water partition coefficient (Wildman–Crippen LogP) is 3.57. The molecule has 0 unspecified atom stereocenters. The van der Waals surface area contributed by atoms with Gasteiger partial charge < -0.3 is 23.8 Å². The Morgan fingerprint density at radius 3 is 2.77 bits per heavy atom. The zero-order valence-corrected chi connectivity index (χ0v) is 21.0. The largest absolute Gasteiger partial charge is 0.394 e. The fraction of sp³-hybridized carbons (Fsp3) is 0.636. The second-order valence-electron chi connectivity index (χ2n) is 9.57. The van der Waals surface area contributed by atoms with Crippen molar-refractivity contribution in [2.45, 2.75) is 62.6 Å². The van der Waals surface area contributed by atoms with Crippen LogP contribution in [0.5, 0.6) is 0 Å². The minimum Gasteiger partial charge on any atom is -0.394 e. The molecule has 1 aromatic rings. The number of benzene rings is 1. The van der Waals surface area contributed by atoms with E-state index >= 15 is 4.11 Å². The second-order valence-corrected chi connectivity index (χ2v) is 14.3. The van der Waals surface area contributed by atoms with Gasteiger partial charge in [-0.3, -0.25) is 9.59 Å². The Morgan fingerprint density at radius 1 is 1.42 bits per heavy atom. The van der Waals surface area contributed by atoms with Crippen molar-refractivity contribution < 1.29 is 23.5 Å². The van der Waals surface area contributed by atoms with Gasteiger partial charge in [-0.2, -0.15) is 0 Å². The maximum absolute atomic E-state index is 15.6. The average molecular weight is 513 g/mol. The third-order valence-corrected chi connectivity index (χ3v) is 10.3. The SMILES string of the molecule is C[C@H]1[C@H]([Si](C)(C)F)[C@@H](CC(=O)N2CCC[C@H]2CO)O[C@]12C(=O)N(C)c1ccc(Br)cc12. The third-order valence-electron chi connectivity index (χ3n) is 7.34. The summed E-state index contributed by atoms with van der Waals surface area (Å²) in [6.07, 6.45) is 0.955. The van der Waals surface area contributed by atoms with Crippen molar-refractivity contribution in [1.29, 1.82) is 0 Å². The zero-order chi connectivity index (χ0) is 22.7. The minimum absolute atomic E-state index is 0.0218. The maximum atomic E-state index is 15.6. The quantitative estimate of drug-likeness (QED) is 0.494. The van der Waals surface area contributed by atoms with E-state index in [2.05, 4.69) is 15.9 Å². The number of hydrogen-bond acceptors (Lipinski definition) is 4. The summed E-state index contributed by atoms with van der Waals surface area (Å²) in [6.45, 7) is 5.67. The van der Waals surface area contributed by atoms with Crippen LogP contribution >= 0.6 is 15.9 Å². The topological polar surface area (TPSA) is 70.1 Å².